The molecule has 1 aromatic carbocycles. The molecular weight excluding hydrogens is 509 g/mol. The Bertz CT molecular complexity index is 618. The van der Waals surface area contributed by atoms with E-state index in [4.69, 9.17) is 9.15 Å². The topological polar surface area (TPSA) is 58.8 Å². The van der Waals surface area contributed by atoms with Gasteiger partial charge in [0.1, 0.15) is 5.76 Å². The molecule has 1 aromatic heterocycles. The Morgan fingerprint density at radius 1 is 1.12 bits per heavy atom. The van der Waals surface area contributed by atoms with E-state index in [-0.39, 0.29) is 24.0 Å². The molecule has 0 aliphatic rings. The van der Waals surface area contributed by atoms with Crippen molar-refractivity contribution in [3.63, 3.8) is 0 Å². The molecule has 0 aliphatic heterocycles. The fourth-order valence-corrected chi connectivity index (χ4v) is 2.54. The number of ether oxygens (including phenoxy) is 1. The Kier molecular flexibility index (Phi) is 12.4. The van der Waals surface area contributed by atoms with Crippen molar-refractivity contribution in [1.82, 2.24) is 10.6 Å². The van der Waals surface area contributed by atoms with Crippen molar-refractivity contribution < 1.29 is 9.15 Å². The second-order valence-corrected chi connectivity index (χ2v) is 6.59. The number of guanidine groups is 1. The molecule has 0 bridgehead atoms. The zero-order valence-electron chi connectivity index (χ0n) is 15.0. The van der Waals surface area contributed by atoms with E-state index < -0.39 is 0 Å². The highest BCUT2D eigenvalue weighted by atomic mass is 127. The number of nitrogens with zero attached hydrogens (tertiary/aromatic N) is 1. The molecule has 0 saturated heterocycles. The van der Waals surface area contributed by atoms with Crippen molar-refractivity contribution in [2.45, 2.75) is 25.8 Å². The normalized spacial score (nSPS) is 11.1. The summed E-state index contributed by atoms with van der Waals surface area (Å²) < 4.78 is 11.5. The maximum absolute atomic E-state index is 5.36. The number of halogens is 2. The van der Waals surface area contributed by atoms with Crippen molar-refractivity contribution in [2.75, 3.05) is 26.8 Å². The number of rotatable bonds is 10. The molecule has 0 fully saturated rings. The Hall–Kier alpha value is -1.06. The number of aliphatic imine (C=N–C) groups is 1. The third-order valence-electron chi connectivity index (χ3n) is 3.64. The molecule has 0 aliphatic carbocycles. The van der Waals surface area contributed by atoms with Crippen molar-refractivity contribution in [3.8, 4) is 0 Å². The molecule has 2 rings (SSSR count). The van der Waals surface area contributed by atoms with E-state index in [2.05, 4.69) is 43.7 Å². The summed E-state index contributed by atoms with van der Waals surface area (Å²) in [5.74, 6) is 1.80. The van der Waals surface area contributed by atoms with Gasteiger partial charge in [-0.2, -0.15) is 0 Å². The van der Waals surface area contributed by atoms with Gasteiger partial charge in [0.2, 0.25) is 0 Å². The van der Waals surface area contributed by atoms with E-state index in [9.17, 15) is 0 Å². The molecule has 26 heavy (non-hydrogen) atoms. The molecule has 2 N–H and O–H groups in total. The van der Waals surface area contributed by atoms with Crippen LogP contribution in [0, 0.1) is 0 Å². The number of hydrogen-bond donors (Lipinski definition) is 2. The second kappa shape index (κ2) is 14.1. The summed E-state index contributed by atoms with van der Waals surface area (Å²) >= 11 is 3.45. The van der Waals surface area contributed by atoms with Crippen LogP contribution in [0.4, 0.5) is 0 Å². The van der Waals surface area contributed by atoms with Gasteiger partial charge in [0.05, 0.1) is 12.8 Å². The van der Waals surface area contributed by atoms with Gasteiger partial charge in [-0.1, -0.05) is 28.1 Å². The van der Waals surface area contributed by atoms with E-state index in [1.165, 1.54) is 5.56 Å². The number of benzene rings is 1. The molecule has 0 atom stereocenters. The summed E-state index contributed by atoms with van der Waals surface area (Å²) in [5, 5.41) is 6.75. The van der Waals surface area contributed by atoms with Gasteiger partial charge in [-0.25, -0.2) is 4.99 Å². The fourth-order valence-electron chi connectivity index (χ4n) is 2.27. The van der Waals surface area contributed by atoms with Crippen LogP contribution in [0.2, 0.25) is 0 Å². The first-order valence-corrected chi connectivity index (χ1v) is 9.35. The van der Waals surface area contributed by atoms with Crippen LogP contribution >= 0.6 is 39.9 Å². The van der Waals surface area contributed by atoms with E-state index in [1.807, 2.05) is 24.3 Å². The minimum absolute atomic E-state index is 0. The molecule has 144 valence electrons. The van der Waals surface area contributed by atoms with E-state index in [0.29, 0.717) is 6.54 Å². The fraction of sp³-hybridized carbons (Fsp3) is 0.421. The lowest BCUT2D eigenvalue weighted by Gasteiger charge is -2.12. The van der Waals surface area contributed by atoms with Crippen LogP contribution in [-0.2, 0) is 17.7 Å². The smallest absolute Gasteiger partial charge is 0.191 e. The highest BCUT2D eigenvalue weighted by Gasteiger charge is 2.01. The molecule has 5 nitrogen and oxygen atoms in total. The van der Waals surface area contributed by atoms with Gasteiger partial charge in [-0.05, 0) is 42.7 Å². The standard InChI is InChI=1S/C19H26BrN3O2.HI/c1-24-13-3-2-11-21-19(22-12-10-18-5-4-14-25-18)23-15-16-6-8-17(20)9-7-16;/h4-9,14H,2-3,10-13,15H2,1H3,(H2,21,22,23);1H. The quantitative estimate of drug-likeness (QED) is 0.205. The molecular formula is C19H27BrIN3O2. The van der Waals surface area contributed by atoms with Crippen LogP contribution in [-0.4, -0.2) is 32.8 Å². The summed E-state index contributed by atoms with van der Waals surface area (Å²) in [6.45, 7) is 3.08. The largest absolute Gasteiger partial charge is 0.469 e. The number of furan rings is 1. The minimum atomic E-state index is 0. The van der Waals surface area contributed by atoms with Crippen LogP contribution in [0.3, 0.4) is 0 Å². The van der Waals surface area contributed by atoms with Gasteiger partial charge in [-0.15, -0.1) is 24.0 Å². The van der Waals surface area contributed by atoms with Crippen molar-refractivity contribution >= 4 is 45.9 Å². The first-order valence-electron chi connectivity index (χ1n) is 8.56. The lowest BCUT2D eigenvalue weighted by Crippen LogP contribution is -2.39. The average Bonchev–Trinajstić information content (AvgIpc) is 3.13. The predicted molar refractivity (Wildman–Crippen MR) is 120 cm³/mol. The van der Waals surface area contributed by atoms with Gasteiger partial charge in [0, 0.05) is 37.7 Å². The van der Waals surface area contributed by atoms with Crippen molar-refractivity contribution in [2.24, 2.45) is 4.99 Å². The predicted octanol–water partition coefficient (Wildman–Crippen LogP) is 4.36. The summed E-state index contributed by atoms with van der Waals surface area (Å²) in [7, 11) is 1.73. The number of methoxy groups -OCH3 is 1. The highest BCUT2D eigenvalue weighted by Crippen LogP contribution is 2.11. The van der Waals surface area contributed by atoms with Crippen molar-refractivity contribution in [3.05, 3.63) is 58.5 Å². The summed E-state index contributed by atoms with van der Waals surface area (Å²) in [5.41, 5.74) is 1.18. The van der Waals surface area contributed by atoms with Crippen LogP contribution in [0.15, 0.2) is 56.5 Å². The number of hydrogen-bond acceptors (Lipinski definition) is 3. The third-order valence-corrected chi connectivity index (χ3v) is 4.17. The van der Waals surface area contributed by atoms with Gasteiger partial charge in [0.25, 0.3) is 0 Å². The van der Waals surface area contributed by atoms with Gasteiger partial charge < -0.3 is 19.8 Å². The van der Waals surface area contributed by atoms with Gasteiger partial charge in [0.15, 0.2) is 5.96 Å². The average molecular weight is 536 g/mol. The lowest BCUT2D eigenvalue weighted by molar-refractivity contribution is 0.193. The molecule has 1 heterocycles. The van der Waals surface area contributed by atoms with Crippen molar-refractivity contribution in [1.29, 1.82) is 0 Å². The van der Waals surface area contributed by atoms with Crippen LogP contribution in [0.25, 0.3) is 0 Å². The monoisotopic (exact) mass is 535 g/mol. The molecule has 2 aromatic rings. The Labute approximate surface area is 181 Å². The second-order valence-electron chi connectivity index (χ2n) is 5.67. The molecule has 0 saturated carbocycles. The Morgan fingerprint density at radius 3 is 2.58 bits per heavy atom. The molecule has 0 unspecified atom stereocenters. The lowest BCUT2D eigenvalue weighted by atomic mass is 10.2. The van der Waals surface area contributed by atoms with E-state index in [1.54, 1.807) is 13.4 Å². The van der Waals surface area contributed by atoms with Crippen LogP contribution < -0.4 is 10.6 Å². The van der Waals surface area contributed by atoms with E-state index >= 15 is 0 Å². The zero-order chi connectivity index (χ0) is 17.7. The zero-order valence-corrected chi connectivity index (χ0v) is 19.0. The van der Waals surface area contributed by atoms with Gasteiger partial charge in [-0.3, -0.25) is 0 Å². The third kappa shape index (κ3) is 9.59. The Balaban J connectivity index is 0.00000338. The van der Waals surface area contributed by atoms with Crippen LogP contribution in [0.5, 0.6) is 0 Å². The first kappa shape index (κ1) is 23.0. The van der Waals surface area contributed by atoms with Gasteiger partial charge >= 0.3 is 0 Å². The number of unbranched alkanes of at least 4 members (excludes halogenated alkanes) is 1. The highest BCUT2D eigenvalue weighted by molar-refractivity contribution is 14.0. The SMILES string of the molecule is COCCCCNC(=NCc1ccc(Br)cc1)NCCc1ccco1.I. The maximum Gasteiger partial charge on any atom is 0.191 e. The molecule has 0 amide bonds. The first-order chi connectivity index (χ1) is 12.3. The molecule has 0 spiro atoms. The summed E-state index contributed by atoms with van der Waals surface area (Å²) in [6.07, 6.45) is 4.61. The summed E-state index contributed by atoms with van der Waals surface area (Å²) in [6, 6.07) is 12.1. The Morgan fingerprint density at radius 2 is 1.88 bits per heavy atom. The number of nitrogens with one attached hydrogen (secondary N) is 2. The minimum Gasteiger partial charge on any atom is -0.469 e. The maximum atomic E-state index is 5.36. The van der Waals surface area contributed by atoms with Crippen LogP contribution in [0.1, 0.15) is 24.2 Å². The summed E-state index contributed by atoms with van der Waals surface area (Å²) in [4.78, 5) is 4.68. The molecule has 7 heteroatoms. The van der Waals surface area contributed by atoms with E-state index in [0.717, 1.165) is 55.2 Å². The molecule has 0 radical (unpaired) electrons.